The first-order valence-electron chi connectivity index (χ1n) is 8.86. The monoisotopic (exact) mass is 401 g/mol. The third-order valence-electron chi connectivity index (χ3n) is 5.13. The molecule has 0 saturated carbocycles. The van der Waals surface area contributed by atoms with Gasteiger partial charge in [-0.2, -0.15) is 0 Å². The first-order chi connectivity index (χ1) is 12.5. The fourth-order valence-electron chi connectivity index (χ4n) is 3.70. The summed E-state index contributed by atoms with van der Waals surface area (Å²) in [6.07, 6.45) is -0.575. The molecule has 0 unspecified atom stereocenters. The lowest BCUT2D eigenvalue weighted by atomic mass is 9.86. The van der Waals surface area contributed by atoms with E-state index in [4.69, 9.17) is 0 Å². The Labute approximate surface area is 162 Å². The molecule has 10 heteroatoms. The zero-order valence-electron chi connectivity index (χ0n) is 15.8. The van der Waals surface area contributed by atoms with E-state index in [1.54, 1.807) is 21.0 Å². The van der Waals surface area contributed by atoms with Crippen LogP contribution in [0.5, 0.6) is 0 Å². The van der Waals surface area contributed by atoms with Crippen molar-refractivity contribution in [2.45, 2.75) is 49.0 Å². The van der Waals surface area contributed by atoms with Crippen LogP contribution in [0.2, 0.25) is 0 Å². The maximum Gasteiger partial charge on any atom is 0.350 e. The number of carbonyl (C=O) groups is 3. The molecule has 2 rings (SSSR count). The Morgan fingerprint density at radius 1 is 1.30 bits per heavy atom. The molecule has 0 bridgehead atoms. The zero-order chi connectivity index (χ0) is 20.5. The number of hydrogen-bond acceptors (Lipinski definition) is 7. The summed E-state index contributed by atoms with van der Waals surface area (Å²) in [6, 6.07) is -1.11. The van der Waals surface area contributed by atoms with E-state index in [-0.39, 0.29) is 28.8 Å². The second-order valence-corrected chi connectivity index (χ2v) is 8.83. The number of nitrogens with one attached hydrogen (secondary N) is 1. The van der Waals surface area contributed by atoms with Crippen LogP contribution in [-0.4, -0.2) is 93.1 Å². The predicted molar refractivity (Wildman–Crippen MR) is 101 cm³/mol. The van der Waals surface area contributed by atoms with Gasteiger partial charge in [0.1, 0.15) is 11.6 Å². The van der Waals surface area contributed by atoms with Crippen LogP contribution >= 0.6 is 11.8 Å². The largest absolute Gasteiger partial charge is 0.481 e. The number of aliphatic carboxylic acids is 2. The van der Waals surface area contributed by atoms with Crippen molar-refractivity contribution in [2.24, 2.45) is 16.8 Å². The summed E-state index contributed by atoms with van der Waals surface area (Å²) in [4.78, 5) is 41.0. The predicted octanol–water partition coefficient (Wildman–Crippen LogP) is -0.468. The topological polar surface area (TPSA) is 140 Å². The van der Waals surface area contributed by atoms with Crippen molar-refractivity contribution in [1.82, 2.24) is 10.2 Å². The van der Waals surface area contributed by atoms with Gasteiger partial charge in [-0.1, -0.05) is 6.92 Å². The number of carboxylic acid groups (broad SMARTS) is 2. The Hall–Kier alpha value is -1.65. The highest BCUT2D eigenvalue weighted by atomic mass is 32.2. The summed E-state index contributed by atoms with van der Waals surface area (Å²) in [5.74, 6) is -3.92. The molecule has 0 aliphatic carbocycles. The molecular weight excluding hydrogens is 374 g/mol. The second-order valence-electron chi connectivity index (χ2n) is 7.38. The molecule has 27 heavy (non-hydrogen) atoms. The number of aliphatic imine (C=N–C) groups is 1. The van der Waals surface area contributed by atoms with E-state index in [1.807, 2.05) is 0 Å². The number of aliphatic hydroxyl groups is 1. The van der Waals surface area contributed by atoms with Crippen molar-refractivity contribution in [2.75, 3.05) is 20.6 Å². The molecule has 152 valence electrons. The second kappa shape index (κ2) is 8.57. The van der Waals surface area contributed by atoms with E-state index in [0.29, 0.717) is 13.0 Å². The number of hydrogen-bond donors (Lipinski definition) is 4. The summed E-state index contributed by atoms with van der Waals surface area (Å²) in [5, 5.41) is 31.5. The van der Waals surface area contributed by atoms with E-state index in [1.165, 1.54) is 23.6 Å². The maximum atomic E-state index is 12.1. The molecule has 0 aromatic rings. The average Bonchev–Trinajstić information content (AvgIpc) is 3.13. The van der Waals surface area contributed by atoms with Gasteiger partial charge in [-0.3, -0.25) is 14.6 Å². The fourth-order valence-corrected chi connectivity index (χ4v) is 5.31. The van der Waals surface area contributed by atoms with Gasteiger partial charge in [0.15, 0.2) is 0 Å². The molecule has 4 N–H and O–H groups in total. The number of carboxylic acids is 2. The highest BCUT2D eigenvalue weighted by molar-refractivity contribution is 8.01. The number of nitrogens with zero attached hydrogens (tertiary/aromatic N) is 2. The first-order valence-corrected chi connectivity index (χ1v) is 9.80. The Kier molecular flexibility index (Phi) is 6.87. The fraction of sp³-hybridized carbons (Fsp3) is 0.765. The maximum absolute atomic E-state index is 12.1. The lowest BCUT2D eigenvalue weighted by Crippen LogP contribution is -2.40. The van der Waals surface area contributed by atoms with Crippen LogP contribution in [0.3, 0.4) is 0 Å². The van der Waals surface area contributed by atoms with Crippen LogP contribution in [0.15, 0.2) is 4.99 Å². The average molecular weight is 401 g/mol. The van der Waals surface area contributed by atoms with E-state index in [0.717, 1.165) is 0 Å². The van der Waals surface area contributed by atoms with Crippen molar-refractivity contribution >= 4 is 35.3 Å². The molecule has 0 aromatic carbocycles. The lowest BCUT2D eigenvalue weighted by Gasteiger charge is -2.27. The van der Waals surface area contributed by atoms with Gasteiger partial charge in [-0.25, -0.2) is 4.79 Å². The molecule has 7 atom stereocenters. The Morgan fingerprint density at radius 3 is 2.41 bits per heavy atom. The highest BCUT2D eigenvalue weighted by Gasteiger charge is 2.48. The van der Waals surface area contributed by atoms with Gasteiger partial charge in [0.05, 0.1) is 23.4 Å². The third-order valence-corrected chi connectivity index (χ3v) is 6.82. The smallest absolute Gasteiger partial charge is 0.350 e. The van der Waals surface area contributed by atoms with Crippen LogP contribution in [0.4, 0.5) is 0 Å². The van der Waals surface area contributed by atoms with E-state index in [9.17, 15) is 29.7 Å². The Balaban J connectivity index is 2.15. The standard InChI is InChI=1S/C17H27N3O6S/c1-7-12(11(8(2)21)16(23)24)19-13(17(25)26)14(7)27-9-5-10(18-6-9)15(22)20(3)4/h7-12,14,18,21H,5-6H2,1-4H3,(H,23,24)(H,25,26)/t7-,8-,9-,10-,11-,12-,14-/m1/s1. The summed E-state index contributed by atoms with van der Waals surface area (Å²) in [5.41, 5.74) is -0.0632. The number of thioether (sulfide) groups is 1. The van der Waals surface area contributed by atoms with Crippen LogP contribution in [-0.2, 0) is 14.4 Å². The van der Waals surface area contributed by atoms with E-state index >= 15 is 0 Å². The van der Waals surface area contributed by atoms with Crippen LogP contribution in [0.1, 0.15) is 20.3 Å². The minimum atomic E-state index is -1.19. The van der Waals surface area contributed by atoms with Crippen molar-refractivity contribution in [3.8, 4) is 0 Å². The Bertz CT molecular complexity index is 638. The normalized spacial score (nSPS) is 32.6. The summed E-state index contributed by atoms with van der Waals surface area (Å²) in [6.45, 7) is 3.71. The van der Waals surface area contributed by atoms with E-state index < -0.39 is 35.3 Å². The number of aliphatic hydroxyl groups excluding tert-OH is 1. The molecule has 0 aromatic heterocycles. The SMILES string of the molecule is C[C@@H]1[C@H]([C@H](C(=O)O)[C@@H](C)O)N=C(C(=O)O)[C@@H]1S[C@H]1CN[C@@H](C(=O)N(C)C)C1. The summed E-state index contributed by atoms with van der Waals surface area (Å²) < 4.78 is 0. The van der Waals surface area contributed by atoms with Crippen molar-refractivity contribution < 1.29 is 29.7 Å². The molecule has 2 aliphatic rings. The van der Waals surface area contributed by atoms with Gasteiger partial charge in [-0.05, 0) is 19.3 Å². The van der Waals surface area contributed by atoms with Gasteiger partial charge >= 0.3 is 11.9 Å². The van der Waals surface area contributed by atoms with Gasteiger partial charge in [-0.15, -0.1) is 11.8 Å². The lowest BCUT2D eigenvalue weighted by molar-refractivity contribution is -0.146. The molecule has 2 aliphatic heterocycles. The first kappa shape index (κ1) is 21.6. The minimum absolute atomic E-state index is 0.0180. The van der Waals surface area contributed by atoms with Gasteiger partial charge < -0.3 is 25.5 Å². The number of amides is 1. The minimum Gasteiger partial charge on any atom is -0.481 e. The molecule has 1 saturated heterocycles. The third kappa shape index (κ3) is 4.61. The number of likely N-dealkylation sites (N-methyl/N-ethyl adjacent to an activating group) is 1. The molecule has 9 nitrogen and oxygen atoms in total. The van der Waals surface area contributed by atoms with E-state index in [2.05, 4.69) is 10.3 Å². The quantitative estimate of drug-likeness (QED) is 0.449. The highest BCUT2D eigenvalue weighted by Crippen LogP contribution is 2.39. The Morgan fingerprint density at radius 2 is 1.93 bits per heavy atom. The molecular formula is C17H27N3O6S. The van der Waals surface area contributed by atoms with Crippen LogP contribution in [0, 0.1) is 11.8 Å². The zero-order valence-corrected chi connectivity index (χ0v) is 16.6. The molecule has 2 heterocycles. The van der Waals surface area contributed by atoms with Gasteiger partial charge in [0.2, 0.25) is 5.91 Å². The number of carbonyl (C=O) groups excluding carboxylic acids is 1. The van der Waals surface area contributed by atoms with Crippen LogP contribution in [0.25, 0.3) is 0 Å². The summed E-state index contributed by atoms with van der Waals surface area (Å²) >= 11 is 1.42. The summed E-state index contributed by atoms with van der Waals surface area (Å²) in [7, 11) is 3.37. The number of rotatable bonds is 7. The molecule has 1 amide bonds. The molecule has 0 radical (unpaired) electrons. The van der Waals surface area contributed by atoms with Crippen molar-refractivity contribution in [3.63, 3.8) is 0 Å². The van der Waals surface area contributed by atoms with Gasteiger partial charge in [0, 0.05) is 25.9 Å². The van der Waals surface area contributed by atoms with Crippen LogP contribution < -0.4 is 5.32 Å². The van der Waals surface area contributed by atoms with Gasteiger partial charge in [0.25, 0.3) is 0 Å². The van der Waals surface area contributed by atoms with Crippen molar-refractivity contribution in [3.05, 3.63) is 0 Å². The molecule has 0 spiro atoms. The molecule has 1 fully saturated rings. The van der Waals surface area contributed by atoms with Crippen molar-refractivity contribution in [1.29, 1.82) is 0 Å².